The molecule has 2 bridgehead atoms. The number of anilines is 3. The number of benzene rings is 2. The molecule has 6 N–H and O–H groups in total. The van der Waals surface area contributed by atoms with Gasteiger partial charge in [-0.3, -0.25) is 4.90 Å². The fraction of sp³-hybridized carbons (Fsp3) is 0.424. The number of pyridine rings is 1. The van der Waals surface area contributed by atoms with Crippen LogP contribution in [0.1, 0.15) is 38.2 Å². The van der Waals surface area contributed by atoms with Gasteiger partial charge in [-0.25, -0.2) is 4.98 Å². The number of nitrogen functional groups attached to an aromatic ring is 2. The summed E-state index contributed by atoms with van der Waals surface area (Å²) < 4.78 is 6.55. The van der Waals surface area contributed by atoms with E-state index < -0.39 is 0 Å². The van der Waals surface area contributed by atoms with Crippen LogP contribution >= 0.6 is 0 Å². The van der Waals surface area contributed by atoms with Gasteiger partial charge in [0.05, 0.1) is 22.1 Å². The molecule has 5 aliphatic rings. The van der Waals surface area contributed by atoms with Crippen LogP contribution in [0.4, 0.5) is 17.3 Å². The number of rotatable bonds is 6. The Hall–Kier alpha value is -4.15. The number of hydrogen-bond donors (Lipinski definition) is 4. The van der Waals surface area contributed by atoms with E-state index in [1.54, 1.807) is 18.2 Å². The minimum absolute atomic E-state index is 0.0380. The largest absolute Gasteiger partial charge is 0.508 e. The molecule has 10 nitrogen and oxygen atoms in total. The second-order valence-corrected chi connectivity index (χ2v) is 13.0. The molecule has 2 aromatic heterocycles. The molecular formula is C33H38N8O2. The summed E-state index contributed by atoms with van der Waals surface area (Å²) in [5.74, 6) is 1.83. The van der Waals surface area contributed by atoms with Crippen molar-refractivity contribution in [3.8, 4) is 23.0 Å². The number of hydrogen-bond acceptors (Lipinski definition) is 10. The van der Waals surface area contributed by atoms with Crippen molar-refractivity contribution in [3.63, 3.8) is 0 Å². The molecule has 0 saturated carbocycles. The average molecular weight is 579 g/mol. The molecule has 0 aliphatic carbocycles. The van der Waals surface area contributed by atoms with Gasteiger partial charge in [0.2, 0.25) is 0 Å². The molecule has 10 heteroatoms. The lowest BCUT2D eigenvalue weighted by molar-refractivity contribution is 0.107. The summed E-state index contributed by atoms with van der Waals surface area (Å²) in [5, 5.41) is 16.6. The van der Waals surface area contributed by atoms with E-state index in [0.717, 1.165) is 55.6 Å². The summed E-state index contributed by atoms with van der Waals surface area (Å²) in [6.45, 7) is 10.9. The molecule has 3 unspecified atom stereocenters. The van der Waals surface area contributed by atoms with Gasteiger partial charge in [-0.2, -0.15) is 9.97 Å². The lowest BCUT2D eigenvalue weighted by Crippen LogP contribution is -2.67. The van der Waals surface area contributed by atoms with Crippen LogP contribution in [0.5, 0.6) is 11.8 Å². The zero-order valence-corrected chi connectivity index (χ0v) is 24.5. The summed E-state index contributed by atoms with van der Waals surface area (Å²) in [6, 6.07) is 10.2. The lowest BCUT2D eigenvalue weighted by Gasteiger charge is -2.48. The summed E-state index contributed by atoms with van der Waals surface area (Å²) in [5.41, 5.74) is 16.4. The highest BCUT2D eigenvalue weighted by Gasteiger charge is 2.48. The number of piperazine rings is 1. The number of nitrogens with one attached hydrogen (secondary N) is 1. The quantitative estimate of drug-likeness (QED) is 0.247. The van der Waals surface area contributed by atoms with Crippen LogP contribution < -0.4 is 26.4 Å². The number of phenols is 1. The van der Waals surface area contributed by atoms with E-state index in [2.05, 4.69) is 28.6 Å². The number of nitrogens with two attached hydrogens (primary N) is 2. The van der Waals surface area contributed by atoms with E-state index in [1.165, 1.54) is 12.8 Å². The van der Waals surface area contributed by atoms with Crippen molar-refractivity contribution in [2.45, 2.75) is 50.2 Å². The van der Waals surface area contributed by atoms with Gasteiger partial charge < -0.3 is 31.5 Å². The number of nitrogens with zero attached hydrogens (tertiary/aromatic N) is 5. The van der Waals surface area contributed by atoms with Crippen LogP contribution in [0, 0.1) is 5.92 Å². The Morgan fingerprint density at radius 3 is 2.74 bits per heavy atom. The van der Waals surface area contributed by atoms with E-state index in [-0.39, 0.29) is 11.3 Å². The van der Waals surface area contributed by atoms with Gasteiger partial charge in [0.25, 0.3) is 0 Å². The first-order chi connectivity index (χ1) is 20.8. The summed E-state index contributed by atoms with van der Waals surface area (Å²) in [7, 11) is 0. The van der Waals surface area contributed by atoms with E-state index >= 15 is 0 Å². The van der Waals surface area contributed by atoms with Gasteiger partial charge in [0.1, 0.15) is 24.0 Å². The second-order valence-electron chi connectivity index (χ2n) is 13.0. The fourth-order valence-corrected chi connectivity index (χ4v) is 8.24. The Labute approximate surface area is 250 Å². The third kappa shape index (κ3) is 4.18. The molecule has 222 valence electrons. The predicted octanol–water partition coefficient (Wildman–Crippen LogP) is 4.16. The van der Waals surface area contributed by atoms with Gasteiger partial charge >= 0.3 is 6.01 Å². The Bertz CT molecular complexity index is 1780. The zero-order chi connectivity index (χ0) is 29.5. The van der Waals surface area contributed by atoms with Crippen molar-refractivity contribution in [3.05, 3.63) is 42.5 Å². The van der Waals surface area contributed by atoms with Gasteiger partial charge in [-0.05, 0) is 61.7 Å². The Morgan fingerprint density at radius 2 is 1.95 bits per heavy atom. The maximum atomic E-state index is 10.7. The molecule has 4 atom stereocenters. The SMILES string of the molecule is C=Cc1c(-c2cc(O)cc3cccc(N)c23)nc(N)c2c(N3CC4CC(C3)N4)nc(OC[C@@]34CCCN3CC(C)C4)nc12. The number of phenolic OH excluding ortho intramolecular Hbond substituents is 1. The van der Waals surface area contributed by atoms with Crippen molar-refractivity contribution in [2.24, 2.45) is 5.92 Å². The second kappa shape index (κ2) is 9.68. The smallest absolute Gasteiger partial charge is 0.319 e. The van der Waals surface area contributed by atoms with Crippen LogP contribution in [0.3, 0.4) is 0 Å². The number of fused-ring (bicyclic) bond motifs is 5. The molecule has 0 radical (unpaired) electrons. The molecule has 5 saturated heterocycles. The molecule has 0 amide bonds. The summed E-state index contributed by atoms with van der Waals surface area (Å²) in [4.78, 5) is 19.8. The van der Waals surface area contributed by atoms with Crippen LogP contribution in [-0.4, -0.2) is 75.4 Å². The fourth-order valence-electron chi connectivity index (χ4n) is 8.24. The molecule has 7 heterocycles. The molecule has 9 rings (SSSR count). The third-order valence-electron chi connectivity index (χ3n) is 10.0. The number of aromatic hydroxyl groups is 1. The molecule has 43 heavy (non-hydrogen) atoms. The third-order valence-corrected chi connectivity index (χ3v) is 10.0. The maximum Gasteiger partial charge on any atom is 0.319 e. The zero-order valence-electron chi connectivity index (χ0n) is 24.5. The number of aromatic nitrogens is 3. The minimum Gasteiger partial charge on any atom is -0.508 e. The maximum absolute atomic E-state index is 10.7. The summed E-state index contributed by atoms with van der Waals surface area (Å²) in [6.07, 6.45) is 6.37. The molecule has 5 fully saturated rings. The molecule has 4 aromatic rings. The summed E-state index contributed by atoms with van der Waals surface area (Å²) >= 11 is 0. The highest BCUT2D eigenvalue weighted by Crippen LogP contribution is 2.44. The lowest BCUT2D eigenvalue weighted by atomic mass is 9.91. The molecule has 5 aliphatic heterocycles. The van der Waals surface area contributed by atoms with Crippen molar-refractivity contribution in [1.82, 2.24) is 25.2 Å². The van der Waals surface area contributed by atoms with Gasteiger partial charge in [0, 0.05) is 53.9 Å². The van der Waals surface area contributed by atoms with Crippen LogP contribution in [0.2, 0.25) is 0 Å². The molecular weight excluding hydrogens is 540 g/mol. The first kappa shape index (κ1) is 26.5. The van der Waals surface area contributed by atoms with Crippen molar-refractivity contribution < 1.29 is 9.84 Å². The first-order valence-corrected chi connectivity index (χ1v) is 15.4. The standard InChI is InChI=1S/C33H38N8O2/c1-3-23-28(24-12-22(42)10-19-6-4-7-25(34)26(19)24)37-30(35)27-29(23)38-32(39-31(27)40-15-20-11-21(16-40)36-20)43-17-33-8-5-9-41(33)14-18(2)13-33/h3-4,6-7,10,12,18,20-21,36,42H,1,5,8-9,11,13-17,34H2,2H3,(H2,35,37)/t18?,20?,21?,33-/m0/s1. The minimum atomic E-state index is 0.0380. The van der Waals surface area contributed by atoms with Gasteiger partial charge in [0.15, 0.2) is 0 Å². The van der Waals surface area contributed by atoms with Crippen molar-refractivity contribution in [1.29, 1.82) is 0 Å². The predicted molar refractivity (Wildman–Crippen MR) is 171 cm³/mol. The van der Waals surface area contributed by atoms with Crippen molar-refractivity contribution in [2.75, 3.05) is 49.2 Å². The van der Waals surface area contributed by atoms with E-state index in [0.29, 0.717) is 69.8 Å². The van der Waals surface area contributed by atoms with Crippen LogP contribution in [-0.2, 0) is 0 Å². The number of piperidine rings is 1. The van der Waals surface area contributed by atoms with Crippen LogP contribution in [0.25, 0.3) is 39.0 Å². The number of ether oxygens (including phenoxy) is 1. The van der Waals surface area contributed by atoms with E-state index in [4.69, 9.17) is 31.2 Å². The monoisotopic (exact) mass is 578 g/mol. The Balaban J connectivity index is 1.31. The van der Waals surface area contributed by atoms with E-state index in [9.17, 15) is 5.11 Å². The highest BCUT2D eigenvalue weighted by molar-refractivity contribution is 6.10. The average Bonchev–Trinajstić information content (AvgIpc) is 3.50. The van der Waals surface area contributed by atoms with Gasteiger partial charge in [-0.1, -0.05) is 31.7 Å². The van der Waals surface area contributed by atoms with Crippen LogP contribution in [0.15, 0.2) is 36.9 Å². The van der Waals surface area contributed by atoms with Gasteiger partial charge in [-0.15, -0.1) is 0 Å². The molecule has 2 aromatic carbocycles. The molecule has 0 spiro atoms. The van der Waals surface area contributed by atoms with Crippen molar-refractivity contribution >= 4 is 45.1 Å². The topological polar surface area (TPSA) is 139 Å². The normalized spacial score (nSPS) is 26.5. The highest BCUT2D eigenvalue weighted by atomic mass is 16.5. The van der Waals surface area contributed by atoms with E-state index in [1.807, 2.05) is 18.2 Å². The Kier molecular flexibility index (Phi) is 5.96. The first-order valence-electron chi connectivity index (χ1n) is 15.4. The Morgan fingerprint density at radius 1 is 1.14 bits per heavy atom.